The second-order valence-electron chi connectivity index (χ2n) is 14.5. The third kappa shape index (κ3) is 4.55. The smallest absolute Gasteiger partial charge is 0.146 e. The van der Waals surface area contributed by atoms with Gasteiger partial charge in [0.25, 0.3) is 0 Å². The highest BCUT2D eigenvalue weighted by atomic mass is 32.2. The molecule has 7 aliphatic rings. The topological polar surface area (TPSA) is 38.7 Å². The molecule has 1 saturated heterocycles. The van der Waals surface area contributed by atoms with Gasteiger partial charge < -0.3 is 14.6 Å². The maximum Gasteiger partial charge on any atom is 0.146 e. The Labute approximate surface area is 239 Å². The lowest BCUT2D eigenvalue weighted by Gasteiger charge is -2.64. The molecule has 9 atom stereocenters. The van der Waals surface area contributed by atoms with Gasteiger partial charge >= 0.3 is 0 Å². The Balaban J connectivity index is 1.37. The molecule has 0 aromatic heterocycles. The monoisotopic (exact) mass is 556 g/mol. The summed E-state index contributed by atoms with van der Waals surface area (Å²) in [7, 11) is 0. The van der Waals surface area contributed by atoms with Crippen molar-refractivity contribution in [1.29, 1.82) is 0 Å². The number of thioether (sulfide) groups is 2. The van der Waals surface area contributed by atoms with Gasteiger partial charge in [0.1, 0.15) is 12.4 Å². The lowest BCUT2D eigenvalue weighted by Crippen LogP contribution is -2.59. The minimum Gasteiger partial charge on any atom is -0.383 e. The van der Waals surface area contributed by atoms with E-state index in [1.807, 2.05) is 0 Å². The van der Waals surface area contributed by atoms with Crippen LogP contribution in [-0.2, 0) is 15.1 Å². The molecule has 4 bridgehead atoms. The second kappa shape index (κ2) is 10.1. The molecule has 3 nitrogen and oxygen atoms in total. The molecule has 1 aromatic carbocycles. The zero-order chi connectivity index (χ0) is 26.9. The van der Waals surface area contributed by atoms with E-state index in [2.05, 4.69) is 95.1 Å². The first kappa shape index (κ1) is 27.7. The molecule has 1 N–H and O–H groups in total. The van der Waals surface area contributed by atoms with Gasteiger partial charge in [-0.2, -0.15) is 0 Å². The molecule has 0 radical (unpaired) electrons. The van der Waals surface area contributed by atoms with Gasteiger partial charge in [-0.1, -0.05) is 63.6 Å². The Morgan fingerprint density at radius 2 is 1.39 bits per heavy atom. The van der Waals surface area contributed by atoms with Gasteiger partial charge in [-0.15, -0.1) is 30.1 Å². The van der Waals surface area contributed by atoms with E-state index < -0.39 is 5.60 Å². The molecule has 6 aliphatic carbocycles. The van der Waals surface area contributed by atoms with Crippen molar-refractivity contribution < 1.29 is 14.6 Å². The molecular weight excluding hydrogens is 508 g/mol. The molecule has 8 rings (SSSR count). The van der Waals surface area contributed by atoms with Crippen LogP contribution in [-0.4, -0.2) is 40.2 Å². The van der Waals surface area contributed by atoms with Gasteiger partial charge in [0, 0.05) is 16.9 Å². The summed E-state index contributed by atoms with van der Waals surface area (Å²) in [4.78, 5) is 0. The summed E-state index contributed by atoms with van der Waals surface area (Å²) in [6.07, 6.45) is 5.71. The van der Waals surface area contributed by atoms with Crippen LogP contribution in [0, 0.1) is 46.3 Å². The summed E-state index contributed by atoms with van der Waals surface area (Å²) in [6.45, 7) is 18.2. The highest BCUT2D eigenvalue weighted by molar-refractivity contribution is 8.17. The SMILES string of the molecule is C=C(C)C[C@@](O)(c1ccccc1)C1S[C@H]2C[C@H]3C[C@@H]([C@@H]2COCOC[C@@H]2[C@H](C[C@H]4C[C@@H]2C4(C)C)S1)C3(C)C. The standard InChI is InChI=1S/C33H48O3S2/c1-20(2)16-33(34,21-10-8-7-9-11-21)30-37-28-14-22-12-26(31(22,3)4)24(28)17-35-19-36-18-25-27-13-23(32(27,5)6)15-29(25)38-30/h7-11,22-30,34H,1,12-19H2,2-6H3/t22-,23-,24+,25+,26+,27+,28+,29+,33-/m1/s1. The molecule has 7 fully saturated rings. The van der Waals surface area contributed by atoms with E-state index in [0.717, 1.165) is 36.2 Å². The van der Waals surface area contributed by atoms with Gasteiger partial charge in [0.2, 0.25) is 0 Å². The molecule has 0 spiro atoms. The van der Waals surface area contributed by atoms with Crippen molar-refractivity contribution in [2.45, 2.75) is 87.4 Å². The van der Waals surface area contributed by atoms with Crippen molar-refractivity contribution in [3.05, 3.63) is 48.0 Å². The summed E-state index contributed by atoms with van der Waals surface area (Å²) >= 11 is 4.18. The summed E-state index contributed by atoms with van der Waals surface area (Å²) in [5, 5.41) is 13.8. The number of rotatable bonds is 4. The van der Waals surface area contributed by atoms with Crippen LogP contribution in [0.5, 0.6) is 0 Å². The van der Waals surface area contributed by atoms with Gasteiger partial charge in [0.15, 0.2) is 0 Å². The lowest BCUT2D eigenvalue weighted by molar-refractivity contribution is -0.158. The Kier molecular flexibility index (Phi) is 7.37. The highest BCUT2D eigenvalue weighted by Gasteiger charge is 2.61. The normalized spacial score (nSPS) is 41.5. The van der Waals surface area contributed by atoms with Gasteiger partial charge in [-0.3, -0.25) is 0 Å². The lowest BCUT2D eigenvalue weighted by atomic mass is 9.45. The predicted octanol–water partition coefficient (Wildman–Crippen LogP) is 7.74. The molecule has 210 valence electrons. The average Bonchev–Trinajstić information content (AvgIpc) is 2.87. The fourth-order valence-electron chi connectivity index (χ4n) is 9.06. The number of hydrogen-bond donors (Lipinski definition) is 1. The van der Waals surface area contributed by atoms with Crippen molar-refractivity contribution >= 4 is 23.5 Å². The van der Waals surface area contributed by atoms with E-state index in [4.69, 9.17) is 9.47 Å². The van der Waals surface area contributed by atoms with Crippen LogP contribution >= 0.6 is 23.5 Å². The number of hydrogen-bond acceptors (Lipinski definition) is 5. The third-order valence-corrected chi connectivity index (χ3v) is 15.5. The predicted molar refractivity (Wildman–Crippen MR) is 160 cm³/mol. The van der Waals surface area contributed by atoms with Crippen LogP contribution in [0.2, 0.25) is 0 Å². The molecule has 6 saturated carbocycles. The summed E-state index contributed by atoms with van der Waals surface area (Å²) < 4.78 is 12.6. The fraction of sp³-hybridized carbons (Fsp3) is 0.758. The zero-order valence-electron chi connectivity index (χ0n) is 24.0. The first-order valence-corrected chi connectivity index (χ1v) is 16.8. The van der Waals surface area contributed by atoms with Crippen LogP contribution in [0.25, 0.3) is 0 Å². The molecule has 1 aliphatic heterocycles. The van der Waals surface area contributed by atoms with Crippen LogP contribution in [0.15, 0.2) is 42.5 Å². The summed E-state index contributed by atoms with van der Waals surface area (Å²) in [5.74, 6) is 3.94. The maximum atomic E-state index is 12.8. The van der Waals surface area contributed by atoms with E-state index in [1.165, 1.54) is 25.7 Å². The number of ether oxygens (including phenoxy) is 2. The van der Waals surface area contributed by atoms with Gasteiger partial charge in [-0.25, -0.2) is 0 Å². The van der Waals surface area contributed by atoms with Crippen LogP contribution in [0.1, 0.15) is 72.3 Å². The van der Waals surface area contributed by atoms with E-state index in [-0.39, 0.29) is 4.58 Å². The number of aliphatic hydroxyl groups is 1. The molecule has 38 heavy (non-hydrogen) atoms. The number of benzene rings is 1. The largest absolute Gasteiger partial charge is 0.383 e. The van der Waals surface area contributed by atoms with Crippen LogP contribution in [0.3, 0.4) is 0 Å². The van der Waals surface area contributed by atoms with E-state index in [1.54, 1.807) is 0 Å². The quantitative estimate of drug-likeness (QED) is 0.384. The van der Waals surface area contributed by atoms with Gasteiger partial charge in [-0.05, 0) is 84.5 Å². The molecule has 1 aromatic rings. The zero-order valence-corrected chi connectivity index (χ0v) is 25.7. The van der Waals surface area contributed by atoms with E-state index in [0.29, 0.717) is 58.2 Å². The second-order valence-corrected chi connectivity index (χ2v) is 17.5. The third-order valence-electron chi connectivity index (χ3n) is 11.7. The van der Waals surface area contributed by atoms with Crippen molar-refractivity contribution in [3.8, 4) is 0 Å². The molecule has 0 amide bonds. The maximum absolute atomic E-state index is 12.8. The van der Waals surface area contributed by atoms with Crippen LogP contribution < -0.4 is 0 Å². The van der Waals surface area contributed by atoms with Crippen molar-refractivity contribution in [2.24, 2.45) is 46.3 Å². The van der Waals surface area contributed by atoms with Crippen LogP contribution in [0.4, 0.5) is 0 Å². The fourth-order valence-corrected chi connectivity index (χ4v) is 13.3. The first-order valence-electron chi connectivity index (χ1n) is 14.9. The van der Waals surface area contributed by atoms with E-state index >= 15 is 0 Å². The molecule has 5 heteroatoms. The van der Waals surface area contributed by atoms with E-state index in [9.17, 15) is 5.11 Å². The Hall–Kier alpha value is -0.460. The van der Waals surface area contributed by atoms with Crippen molar-refractivity contribution in [3.63, 3.8) is 0 Å². The molecule has 1 heterocycles. The summed E-state index contributed by atoms with van der Waals surface area (Å²) in [5.41, 5.74) is 1.89. The highest BCUT2D eigenvalue weighted by Crippen LogP contribution is 2.67. The molecule has 0 unspecified atom stereocenters. The Morgan fingerprint density at radius 3 is 1.84 bits per heavy atom. The molecular formula is C33H48O3S2. The van der Waals surface area contributed by atoms with Crippen molar-refractivity contribution in [2.75, 3.05) is 20.0 Å². The average molecular weight is 557 g/mol. The minimum absolute atomic E-state index is 0.0438. The van der Waals surface area contributed by atoms with Crippen molar-refractivity contribution in [1.82, 2.24) is 0 Å². The van der Waals surface area contributed by atoms with Gasteiger partial charge in [0.05, 0.1) is 17.8 Å². The first-order chi connectivity index (χ1) is 18.0. The Morgan fingerprint density at radius 1 is 0.895 bits per heavy atom. The minimum atomic E-state index is -0.961. The summed E-state index contributed by atoms with van der Waals surface area (Å²) in [6, 6.07) is 10.5. The Bertz CT molecular complexity index is 976.